The number of hydrogen-bond acceptors (Lipinski definition) is 6. The fourth-order valence-corrected chi connectivity index (χ4v) is 3.72. The molecule has 0 saturated heterocycles. The Hall–Kier alpha value is -2.08. The summed E-state index contributed by atoms with van der Waals surface area (Å²) in [6.45, 7) is 3.80. The standard InChI is InChI=1S/C15H15N5S/c1-7-11(14(16)19-8(2)18-7)15-20-13-10(21-15)5-6-17-12(13)9-3-4-9/h5-6,9H,3-4H2,1-2H3,(H2,16,18,19). The fraction of sp³-hybridized carbons (Fsp3) is 0.333. The number of aromatic nitrogens is 4. The molecule has 0 radical (unpaired) electrons. The van der Waals surface area contributed by atoms with Crippen molar-refractivity contribution in [3.05, 3.63) is 29.5 Å². The Kier molecular flexibility index (Phi) is 2.68. The lowest BCUT2D eigenvalue weighted by molar-refractivity contribution is 1.02. The second-order valence-electron chi connectivity index (χ2n) is 5.45. The van der Waals surface area contributed by atoms with Gasteiger partial charge in [-0.05, 0) is 32.8 Å². The Morgan fingerprint density at radius 3 is 2.71 bits per heavy atom. The highest BCUT2D eigenvalue weighted by molar-refractivity contribution is 7.21. The summed E-state index contributed by atoms with van der Waals surface area (Å²) in [5.41, 5.74) is 9.95. The van der Waals surface area contributed by atoms with Crippen LogP contribution < -0.4 is 5.73 Å². The number of fused-ring (bicyclic) bond motifs is 1. The zero-order valence-electron chi connectivity index (χ0n) is 11.9. The van der Waals surface area contributed by atoms with E-state index in [1.807, 2.05) is 26.1 Å². The first-order valence-electron chi connectivity index (χ1n) is 7.00. The van der Waals surface area contributed by atoms with E-state index in [1.165, 1.54) is 12.8 Å². The van der Waals surface area contributed by atoms with E-state index in [0.29, 0.717) is 17.6 Å². The van der Waals surface area contributed by atoms with Gasteiger partial charge in [0.15, 0.2) is 0 Å². The number of anilines is 1. The van der Waals surface area contributed by atoms with Crippen LogP contribution in [0.4, 0.5) is 5.82 Å². The predicted octanol–water partition coefficient (Wildman–Crippen LogP) is 3.22. The van der Waals surface area contributed by atoms with Gasteiger partial charge in [-0.2, -0.15) is 0 Å². The summed E-state index contributed by atoms with van der Waals surface area (Å²) < 4.78 is 1.15. The third-order valence-electron chi connectivity index (χ3n) is 3.74. The van der Waals surface area contributed by atoms with Gasteiger partial charge in [-0.1, -0.05) is 0 Å². The fourth-order valence-electron chi connectivity index (χ4n) is 2.64. The number of nitrogens with zero attached hydrogens (tertiary/aromatic N) is 4. The molecule has 3 heterocycles. The molecule has 0 amide bonds. The second kappa shape index (κ2) is 4.46. The minimum Gasteiger partial charge on any atom is -0.383 e. The Bertz CT molecular complexity index is 827. The molecule has 106 valence electrons. The topological polar surface area (TPSA) is 77.6 Å². The van der Waals surface area contributed by atoms with E-state index in [-0.39, 0.29) is 0 Å². The van der Waals surface area contributed by atoms with Gasteiger partial charge in [-0.3, -0.25) is 4.98 Å². The van der Waals surface area contributed by atoms with E-state index < -0.39 is 0 Å². The number of hydrogen-bond donors (Lipinski definition) is 1. The minimum atomic E-state index is 0.500. The molecule has 1 fully saturated rings. The molecule has 0 atom stereocenters. The van der Waals surface area contributed by atoms with Gasteiger partial charge >= 0.3 is 0 Å². The largest absolute Gasteiger partial charge is 0.383 e. The maximum Gasteiger partial charge on any atom is 0.137 e. The molecule has 0 unspecified atom stereocenters. The third kappa shape index (κ3) is 2.06. The average Bonchev–Trinajstić information content (AvgIpc) is 3.16. The lowest BCUT2D eigenvalue weighted by Crippen LogP contribution is -2.01. The Balaban J connectivity index is 1.94. The summed E-state index contributed by atoms with van der Waals surface area (Å²) in [5, 5.41) is 0.884. The average molecular weight is 297 g/mol. The molecule has 1 saturated carbocycles. The number of aryl methyl sites for hydroxylation is 2. The second-order valence-corrected chi connectivity index (χ2v) is 6.48. The number of pyridine rings is 1. The molecule has 0 aromatic carbocycles. The van der Waals surface area contributed by atoms with Crippen molar-refractivity contribution >= 4 is 27.4 Å². The molecule has 21 heavy (non-hydrogen) atoms. The van der Waals surface area contributed by atoms with Crippen LogP contribution in [0.2, 0.25) is 0 Å². The van der Waals surface area contributed by atoms with E-state index in [1.54, 1.807) is 11.3 Å². The number of nitrogen functional groups attached to an aromatic ring is 1. The third-order valence-corrected chi connectivity index (χ3v) is 4.78. The quantitative estimate of drug-likeness (QED) is 0.785. The molecule has 0 aliphatic heterocycles. The van der Waals surface area contributed by atoms with Crippen LogP contribution in [0.25, 0.3) is 20.8 Å². The van der Waals surface area contributed by atoms with Crippen molar-refractivity contribution < 1.29 is 0 Å². The Morgan fingerprint density at radius 1 is 1.19 bits per heavy atom. The van der Waals surface area contributed by atoms with E-state index in [0.717, 1.165) is 32.2 Å². The zero-order chi connectivity index (χ0) is 14.6. The molecule has 0 spiro atoms. The Labute approximate surface area is 126 Å². The van der Waals surface area contributed by atoms with Crippen LogP contribution in [0.5, 0.6) is 0 Å². The van der Waals surface area contributed by atoms with Crippen molar-refractivity contribution in [2.24, 2.45) is 0 Å². The van der Waals surface area contributed by atoms with Gasteiger partial charge in [-0.15, -0.1) is 11.3 Å². The predicted molar refractivity (Wildman–Crippen MR) is 84.3 cm³/mol. The lowest BCUT2D eigenvalue weighted by atomic mass is 10.2. The van der Waals surface area contributed by atoms with Crippen LogP contribution in [-0.2, 0) is 0 Å². The molecule has 1 aliphatic rings. The molecule has 3 aromatic rings. The van der Waals surface area contributed by atoms with Gasteiger partial charge in [0.2, 0.25) is 0 Å². The van der Waals surface area contributed by atoms with Crippen LogP contribution in [0, 0.1) is 13.8 Å². The van der Waals surface area contributed by atoms with E-state index >= 15 is 0 Å². The molecule has 5 nitrogen and oxygen atoms in total. The van der Waals surface area contributed by atoms with Crippen molar-refractivity contribution in [3.63, 3.8) is 0 Å². The summed E-state index contributed by atoms with van der Waals surface area (Å²) in [5.74, 6) is 1.77. The summed E-state index contributed by atoms with van der Waals surface area (Å²) in [6, 6.07) is 2.02. The van der Waals surface area contributed by atoms with Crippen molar-refractivity contribution in [3.8, 4) is 10.6 Å². The van der Waals surface area contributed by atoms with Crippen molar-refractivity contribution in [2.45, 2.75) is 32.6 Å². The Morgan fingerprint density at radius 2 is 2.00 bits per heavy atom. The van der Waals surface area contributed by atoms with Crippen molar-refractivity contribution in [2.75, 3.05) is 5.73 Å². The molecular weight excluding hydrogens is 282 g/mol. The smallest absolute Gasteiger partial charge is 0.137 e. The number of thiazole rings is 1. The number of nitrogens with two attached hydrogens (primary N) is 1. The van der Waals surface area contributed by atoms with Crippen LogP contribution in [0.3, 0.4) is 0 Å². The van der Waals surface area contributed by atoms with Gasteiger partial charge in [-0.25, -0.2) is 15.0 Å². The summed E-state index contributed by atoms with van der Waals surface area (Å²) in [6.07, 6.45) is 4.31. The summed E-state index contributed by atoms with van der Waals surface area (Å²) in [4.78, 5) is 18.0. The zero-order valence-corrected chi connectivity index (χ0v) is 12.7. The molecular formula is C15H15N5S. The maximum atomic E-state index is 6.09. The summed E-state index contributed by atoms with van der Waals surface area (Å²) >= 11 is 1.63. The van der Waals surface area contributed by atoms with Crippen LogP contribution in [-0.4, -0.2) is 19.9 Å². The minimum absolute atomic E-state index is 0.500. The molecule has 2 N–H and O–H groups in total. The highest BCUT2D eigenvalue weighted by Crippen LogP contribution is 2.43. The molecule has 6 heteroatoms. The van der Waals surface area contributed by atoms with E-state index in [4.69, 9.17) is 10.7 Å². The van der Waals surface area contributed by atoms with Crippen LogP contribution in [0.15, 0.2) is 12.3 Å². The lowest BCUT2D eigenvalue weighted by Gasteiger charge is -2.05. The van der Waals surface area contributed by atoms with Crippen LogP contribution in [0.1, 0.15) is 36.0 Å². The molecule has 0 bridgehead atoms. The van der Waals surface area contributed by atoms with Crippen molar-refractivity contribution in [1.29, 1.82) is 0 Å². The van der Waals surface area contributed by atoms with E-state index in [9.17, 15) is 0 Å². The van der Waals surface area contributed by atoms with Gasteiger partial charge < -0.3 is 5.73 Å². The van der Waals surface area contributed by atoms with E-state index in [2.05, 4.69) is 15.0 Å². The normalized spacial score (nSPS) is 14.8. The van der Waals surface area contributed by atoms with Crippen LogP contribution >= 0.6 is 11.3 Å². The van der Waals surface area contributed by atoms with Gasteiger partial charge in [0.1, 0.15) is 22.2 Å². The first kappa shape index (κ1) is 12.6. The van der Waals surface area contributed by atoms with Crippen molar-refractivity contribution in [1.82, 2.24) is 19.9 Å². The highest BCUT2D eigenvalue weighted by atomic mass is 32.1. The SMILES string of the molecule is Cc1nc(C)c(-c2nc3c(C4CC4)nccc3s2)c(N)n1. The highest BCUT2D eigenvalue weighted by Gasteiger charge is 2.28. The first-order valence-corrected chi connectivity index (χ1v) is 7.81. The van der Waals surface area contributed by atoms with Gasteiger partial charge in [0, 0.05) is 12.1 Å². The first-order chi connectivity index (χ1) is 10.1. The maximum absolute atomic E-state index is 6.09. The monoisotopic (exact) mass is 297 g/mol. The summed E-state index contributed by atoms with van der Waals surface area (Å²) in [7, 11) is 0. The molecule has 3 aromatic heterocycles. The molecule has 1 aliphatic carbocycles. The number of rotatable bonds is 2. The van der Waals surface area contributed by atoms with Gasteiger partial charge in [0.05, 0.1) is 21.7 Å². The molecule has 4 rings (SSSR count). The van der Waals surface area contributed by atoms with Gasteiger partial charge in [0.25, 0.3) is 0 Å².